The molecule has 2 nitrogen and oxygen atoms in total. The molecule has 1 aromatic carbocycles. The molecule has 0 bridgehead atoms. The van der Waals surface area contributed by atoms with Crippen LogP contribution in [0, 0.1) is 20.8 Å². The Balaban J connectivity index is 2.12. The first kappa shape index (κ1) is 14.1. The van der Waals surface area contributed by atoms with Crippen LogP contribution in [0.2, 0.25) is 0 Å². The Morgan fingerprint density at radius 1 is 1.05 bits per heavy atom. The third-order valence-electron chi connectivity index (χ3n) is 3.16. The second kappa shape index (κ2) is 6.20. The number of pyridine rings is 1. The molecule has 2 aromatic rings. The van der Waals surface area contributed by atoms with Gasteiger partial charge in [-0.25, -0.2) is 0 Å². The van der Waals surface area contributed by atoms with E-state index in [9.17, 15) is 0 Å². The highest BCUT2D eigenvalue weighted by Gasteiger charge is 2.05. The first-order valence-corrected chi connectivity index (χ1v) is 7.43. The van der Waals surface area contributed by atoms with Gasteiger partial charge in [-0.2, -0.15) is 0 Å². The van der Waals surface area contributed by atoms with Gasteiger partial charge in [0.15, 0.2) is 0 Å². The van der Waals surface area contributed by atoms with Crippen molar-refractivity contribution in [3.63, 3.8) is 0 Å². The lowest BCUT2D eigenvalue weighted by Crippen LogP contribution is -2.00. The topological polar surface area (TPSA) is 22.1 Å². The summed E-state index contributed by atoms with van der Waals surface area (Å²) in [5, 5.41) is 0.705. The van der Waals surface area contributed by atoms with Gasteiger partial charge in [0, 0.05) is 11.0 Å². The summed E-state index contributed by atoms with van der Waals surface area (Å²) in [5.41, 5.74) is 5.74. The van der Waals surface area contributed by atoms with Crippen molar-refractivity contribution in [2.24, 2.45) is 0 Å². The van der Waals surface area contributed by atoms with Crippen LogP contribution in [0.15, 0.2) is 30.3 Å². The Labute approximate surface area is 123 Å². The maximum Gasteiger partial charge on any atom is 0.142 e. The van der Waals surface area contributed by atoms with E-state index >= 15 is 0 Å². The zero-order chi connectivity index (χ0) is 13.8. The molecule has 0 unspecified atom stereocenters. The average molecular weight is 320 g/mol. The maximum atomic E-state index is 5.87. The molecule has 0 fully saturated rings. The van der Waals surface area contributed by atoms with E-state index in [1.807, 2.05) is 19.1 Å². The number of benzene rings is 1. The Bertz CT molecular complexity index is 581. The summed E-state index contributed by atoms with van der Waals surface area (Å²) < 4.78 is 5.87. The predicted molar refractivity (Wildman–Crippen MR) is 81.9 cm³/mol. The van der Waals surface area contributed by atoms with Gasteiger partial charge in [0.1, 0.15) is 12.4 Å². The summed E-state index contributed by atoms with van der Waals surface area (Å²) in [4.78, 5) is 4.46. The number of hydrogen-bond donors (Lipinski definition) is 0. The number of alkyl halides is 1. The highest BCUT2D eigenvalue weighted by atomic mass is 79.9. The largest absolute Gasteiger partial charge is 0.487 e. The van der Waals surface area contributed by atoms with Crippen LogP contribution >= 0.6 is 15.9 Å². The number of rotatable bonds is 4. The lowest BCUT2D eigenvalue weighted by molar-refractivity contribution is 0.302. The SMILES string of the molecule is Cc1ccc(OCc2ccc(C)c(C)c2)c(CBr)n1. The van der Waals surface area contributed by atoms with Crippen LogP contribution in [-0.4, -0.2) is 4.98 Å². The number of nitrogens with zero attached hydrogens (tertiary/aromatic N) is 1. The lowest BCUT2D eigenvalue weighted by atomic mass is 10.1. The molecule has 0 radical (unpaired) electrons. The van der Waals surface area contributed by atoms with E-state index in [2.05, 4.69) is 53.0 Å². The summed E-state index contributed by atoms with van der Waals surface area (Å²) in [7, 11) is 0. The van der Waals surface area contributed by atoms with E-state index in [-0.39, 0.29) is 0 Å². The zero-order valence-electron chi connectivity index (χ0n) is 11.5. The van der Waals surface area contributed by atoms with E-state index in [1.54, 1.807) is 0 Å². The molecule has 1 aromatic heterocycles. The molecule has 0 saturated carbocycles. The van der Waals surface area contributed by atoms with Gasteiger partial charge in [0.25, 0.3) is 0 Å². The minimum absolute atomic E-state index is 0.575. The van der Waals surface area contributed by atoms with Gasteiger partial charge in [-0.1, -0.05) is 34.1 Å². The summed E-state index contributed by atoms with van der Waals surface area (Å²) in [6, 6.07) is 10.4. The minimum Gasteiger partial charge on any atom is -0.487 e. The van der Waals surface area contributed by atoms with Gasteiger partial charge in [-0.15, -0.1) is 0 Å². The van der Waals surface area contributed by atoms with Gasteiger partial charge >= 0.3 is 0 Å². The molecular formula is C16H18BrNO. The quantitative estimate of drug-likeness (QED) is 0.775. The molecule has 0 saturated heterocycles. The van der Waals surface area contributed by atoms with E-state index in [0.29, 0.717) is 11.9 Å². The van der Waals surface area contributed by atoms with E-state index in [0.717, 1.165) is 17.1 Å². The Hall–Kier alpha value is -1.35. The third-order valence-corrected chi connectivity index (χ3v) is 3.70. The van der Waals surface area contributed by atoms with E-state index in [1.165, 1.54) is 16.7 Å². The van der Waals surface area contributed by atoms with Gasteiger partial charge in [0.05, 0.1) is 5.69 Å². The Kier molecular flexibility index (Phi) is 4.59. The van der Waals surface area contributed by atoms with Crippen LogP contribution in [0.25, 0.3) is 0 Å². The molecule has 0 aliphatic rings. The molecule has 100 valence electrons. The van der Waals surface area contributed by atoms with Crippen molar-refractivity contribution in [1.82, 2.24) is 4.98 Å². The monoisotopic (exact) mass is 319 g/mol. The molecule has 0 spiro atoms. The summed E-state index contributed by atoms with van der Waals surface area (Å²) in [6.07, 6.45) is 0. The molecule has 0 amide bonds. The lowest BCUT2D eigenvalue weighted by Gasteiger charge is -2.11. The minimum atomic E-state index is 0.575. The number of hydrogen-bond acceptors (Lipinski definition) is 2. The predicted octanol–water partition coefficient (Wildman–Crippen LogP) is 4.48. The molecule has 1 heterocycles. The van der Waals surface area contributed by atoms with Crippen molar-refractivity contribution in [2.45, 2.75) is 32.7 Å². The molecule has 0 aliphatic carbocycles. The molecule has 3 heteroatoms. The van der Waals surface area contributed by atoms with Crippen LogP contribution in [-0.2, 0) is 11.9 Å². The first-order valence-electron chi connectivity index (χ1n) is 6.31. The van der Waals surface area contributed by atoms with Crippen molar-refractivity contribution in [2.75, 3.05) is 0 Å². The highest BCUT2D eigenvalue weighted by molar-refractivity contribution is 9.08. The standard InChI is InChI=1S/C16H18BrNO/c1-11-4-6-14(8-12(11)2)10-19-16-7-5-13(3)18-15(16)9-17/h4-8H,9-10H2,1-3H3. The fraction of sp³-hybridized carbons (Fsp3) is 0.312. The molecule has 0 N–H and O–H groups in total. The summed E-state index contributed by atoms with van der Waals surface area (Å²) in [6.45, 7) is 6.80. The van der Waals surface area contributed by atoms with Crippen LogP contribution in [0.5, 0.6) is 5.75 Å². The van der Waals surface area contributed by atoms with Crippen LogP contribution in [0.4, 0.5) is 0 Å². The fourth-order valence-electron chi connectivity index (χ4n) is 1.88. The Morgan fingerprint density at radius 3 is 2.53 bits per heavy atom. The van der Waals surface area contributed by atoms with Gasteiger partial charge in [-0.05, 0) is 49.6 Å². The average Bonchev–Trinajstić information content (AvgIpc) is 2.41. The normalized spacial score (nSPS) is 10.5. The third kappa shape index (κ3) is 3.57. The van der Waals surface area contributed by atoms with Crippen molar-refractivity contribution in [3.8, 4) is 5.75 Å². The van der Waals surface area contributed by atoms with E-state index < -0.39 is 0 Å². The summed E-state index contributed by atoms with van der Waals surface area (Å²) in [5.74, 6) is 0.848. The van der Waals surface area contributed by atoms with Crippen molar-refractivity contribution in [1.29, 1.82) is 0 Å². The van der Waals surface area contributed by atoms with Gasteiger partial charge in [-0.3, -0.25) is 4.98 Å². The van der Waals surface area contributed by atoms with Gasteiger partial charge < -0.3 is 4.74 Å². The van der Waals surface area contributed by atoms with E-state index in [4.69, 9.17) is 4.74 Å². The second-order valence-corrected chi connectivity index (χ2v) is 5.30. The van der Waals surface area contributed by atoms with Gasteiger partial charge in [0.2, 0.25) is 0 Å². The van der Waals surface area contributed by atoms with Crippen LogP contribution in [0.3, 0.4) is 0 Å². The highest BCUT2D eigenvalue weighted by Crippen LogP contribution is 2.21. The first-order chi connectivity index (χ1) is 9.10. The van der Waals surface area contributed by atoms with Crippen molar-refractivity contribution < 1.29 is 4.74 Å². The smallest absolute Gasteiger partial charge is 0.142 e. The molecule has 2 rings (SSSR count). The fourth-order valence-corrected chi connectivity index (χ4v) is 2.28. The number of aryl methyl sites for hydroxylation is 3. The van der Waals surface area contributed by atoms with Crippen molar-refractivity contribution in [3.05, 3.63) is 58.4 Å². The number of halogens is 1. The molecule has 19 heavy (non-hydrogen) atoms. The molecule has 0 aliphatic heterocycles. The number of ether oxygens (including phenoxy) is 1. The summed E-state index contributed by atoms with van der Waals surface area (Å²) >= 11 is 3.45. The maximum absolute atomic E-state index is 5.87. The Morgan fingerprint density at radius 2 is 1.84 bits per heavy atom. The van der Waals surface area contributed by atoms with Crippen LogP contribution < -0.4 is 4.74 Å². The zero-order valence-corrected chi connectivity index (χ0v) is 13.1. The van der Waals surface area contributed by atoms with Crippen molar-refractivity contribution >= 4 is 15.9 Å². The van der Waals surface area contributed by atoms with Crippen LogP contribution in [0.1, 0.15) is 28.1 Å². The molecular weight excluding hydrogens is 302 g/mol. The second-order valence-electron chi connectivity index (χ2n) is 4.74. The molecule has 0 atom stereocenters. The number of aromatic nitrogens is 1.